The number of nitrogens with zero attached hydrogens (tertiary/aromatic N) is 1. The highest BCUT2D eigenvalue weighted by molar-refractivity contribution is 8.00. The Hall–Kier alpha value is -2.54. The molecule has 0 spiro atoms. The maximum Gasteiger partial charge on any atom is 0.338 e. The van der Waals surface area contributed by atoms with Crippen LogP contribution in [0.4, 0.5) is 10.8 Å². The van der Waals surface area contributed by atoms with E-state index in [0.717, 1.165) is 4.90 Å². The number of hydrogen-bond acceptors (Lipinski definition) is 8. The molecule has 2 amide bonds. The highest BCUT2D eigenvalue weighted by Crippen LogP contribution is 2.41. The molecule has 2 aromatic carbocycles. The van der Waals surface area contributed by atoms with Crippen LogP contribution < -0.4 is 10.6 Å². The van der Waals surface area contributed by atoms with E-state index in [0.29, 0.717) is 16.5 Å². The summed E-state index contributed by atoms with van der Waals surface area (Å²) < 4.78 is 4.88. The van der Waals surface area contributed by atoms with Gasteiger partial charge in [-0.3, -0.25) is 14.4 Å². The number of nitrogens with one attached hydrogen (secondary N) is 2. The van der Waals surface area contributed by atoms with Crippen LogP contribution in [-0.4, -0.2) is 46.2 Å². The highest BCUT2D eigenvalue weighted by Gasteiger charge is 2.29. The zero-order valence-electron chi connectivity index (χ0n) is 19.3. The topological polar surface area (TPSA) is 135 Å². The van der Waals surface area contributed by atoms with Gasteiger partial charge in [0.15, 0.2) is 5.13 Å². The van der Waals surface area contributed by atoms with E-state index in [9.17, 15) is 24.3 Å². The van der Waals surface area contributed by atoms with E-state index in [1.807, 2.05) is 0 Å². The number of hydrogen-bond donors (Lipinski definition) is 3. The van der Waals surface area contributed by atoms with Gasteiger partial charge in [-0.25, -0.2) is 9.78 Å². The first-order valence-corrected chi connectivity index (χ1v) is 13.9. The van der Waals surface area contributed by atoms with Gasteiger partial charge in [0.2, 0.25) is 5.91 Å². The van der Waals surface area contributed by atoms with Crippen LogP contribution in [0.3, 0.4) is 0 Å². The van der Waals surface area contributed by atoms with Crippen LogP contribution in [0.15, 0.2) is 34.5 Å². The number of carboxylic acid groups (broad SMARTS) is 1. The number of thioether (sulfide) groups is 1. The van der Waals surface area contributed by atoms with Crippen molar-refractivity contribution in [3.63, 3.8) is 0 Å². The molecule has 1 heterocycles. The first-order chi connectivity index (χ1) is 18.0. The molecule has 1 aromatic heterocycles. The number of esters is 1. The van der Waals surface area contributed by atoms with Crippen molar-refractivity contribution < 1.29 is 29.0 Å². The molecule has 0 bridgehead atoms. The summed E-state index contributed by atoms with van der Waals surface area (Å²) in [4.78, 5) is 53.3. The number of aromatic nitrogens is 1. The maximum atomic E-state index is 12.8. The number of benzene rings is 2. The average molecular weight is 637 g/mol. The molecule has 0 saturated carbocycles. The number of aromatic carboxylic acids is 1. The van der Waals surface area contributed by atoms with Gasteiger partial charge in [-0.2, -0.15) is 0 Å². The number of anilines is 2. The summed E-state index contributed by atoms with van der Waals surface area (Å²) in [6, 6.07) is 6.45. The van der Waals surface area contributed by atoms with Gasteiger partial charge in [0.05, 0.1) is 55.7 Å². The normalized spacial score (nSPS) is 10.7. The number of carbonyl (C=O) groups excluding carboxylic acids is 3. The molecule has 0 fully saturated rings. The van der Waals surface area contributed by atoms with Gasteiger partial charge in [-0.1, -0.05) is 46.4 Å². The van der Waals surface area contributed by atoms with E-state index < -0.39 is 34.0 Å². The summed E-state index contributed by atoms with van der Waals surface area (Å²) in [7, 11) is 0. The second kappa shape index (κ2) is 13.5. The smallest absolute Gasteiger partial charge is 0.338 e. The molecule has 0 unspecified atom stereocenters. The lowest BCUT2D eigenvalue weighted by Gasteiger charge is -2.14. The fraction of sp³-hybridized carbons (Fsp3) is 0.174. The summed E-state index contributed by atoms with van der Waals surface area (Å²) in [5, 5.41) is 15.5. The van der Waals surface area contributed by atoms with Crippen LogP contribution in [0.25, 0.3) is 0 Å². The molecule has 15 heteroatoms. The molecule has 38 heavy (non-hydrogen) atoms. The molecule has 3 rings (SSSR count). The Balaban J connectivity index is 1.59. The van der Waals surface area contributed by atoms with Gasteiger partial charge in [0.1, 0.15) is 0 Å². The lowest BCUT2D eigenvalue weighted by Crippen LogP contribution is -2.18. The lowest BCUT2D eigenvalue weighted by atomic mass is 10.1. The molecule has 200 valence electrons. The molecular formula is C23H17Cl4N3O6S2. The molecule has 0 aliphatic carbocycles. The third kappa shape index (κ3) is 7.52. The van der Waals surface area contributed by atoms with Gasteiger partial charge < -0.3 is 20.5 Å². The fourth-order valence-electron chi connectivity index (χ4n) is 2.98. The van der Waals surface area contributed by atoms with Crippen molar-refractivity contribution in [3.8, 4) is 0 Å². The Morgan fingerprint density at radius 1 is 0.974 bits per heavy atom. The van der Waals surface area contributed by atoms with Crippen LogP contribution in [0.2, 0.25) is 20.1 Å². The van der Waals surface area contributed by atoms with Crippen molar-refractivity contribution in [1.82, 2.24) is 4.98 Å². The monoisotopic (exact) mass is 635 g/mol. The Morgan fingerprint density at radius 3 is 2.21 bits per heavy atom. The second-order valence-corrected chi connectivity index (χ2v) is 10.7. The molecule has 0 aliphatic heterocycles. The van der Waals surface area contributed by atoms with Crippen LogP contribution in [-0.2, 0) is 20.7 Å². The van der Waals surface area contributed by atoms with Crippen molar-refractivity contribution in [1.29, 1.82) is 0 Å². The van der Waals surface area contributed by atoms with Gasteiger partial charge >= 0.3 is 11.9 Å². The quantitative estimate of drug-likeness (QED) is 0.0988. The molecular weight excluding hydrogens is 620 g/mol. The zero-order valence-corrected chi connectivity index (χ0v) is 23.9. The van der Waals surface area contributed by atoms with Crippen molar-refractivity contribution in [2.24, 2.45) is 0 Å². The fourth-order valence-corrected chi connectivity index (χ4v) is 5.43. The Labute approximate surface area is 244 Å². The minimum atomic E-state index is -1.50. The van der Waals surface area contributed by atoms with Crippen molar-refractivity contribution >= 4 is 104 Å². The van der Waals surface area contributed by atoms with Crippen LogP contribution in [0.5, 0.6) is 0 Å². The number of thiazole rings is 1. The van der Waals surface area contributed by atoms with Crippen LogP contribution in [0, 0.1) is 0 Å². The highest BCUT2D eigenvalue weighted by atomic mass is 35.5. The Kier molecular flexibility index (Phi) is 10.7. The summed E-state index contributed by atoms with van der Waals surface area (Å²) in [6.45, 7) is 2.00. The molecule has 0 atom stereocenters. The van der Waals surface area contributed by atoms with Gasteiger partial charge in [0, 0.05) is 16.0 Å². The first kappa shape index (κ1) is 30.0. The van der Waals surface area contributed by atoms with E-state index in [1.165, 1.54) is 23.1 Å². The number of carbonyl (C=O) groups is 4. The van der Waals surface area contributed by atoms with E-state index >= 15 is 0 Å². The van der Waals surface area contributed by atoms with Gasteiger partial charge in [-0.15, -0.1) is 23.1 Å². The summed E-state index contributed by atoms with van der Waals surface area (Å²) >= 11 is 26.5. The summed E-state index contributed by atoms with van der Waals surface area (Å²) in [6.07, 6.45) is 0.0275. The van der Waals surface area contributed by atoms with Gasteiger partial charge in [0.25, 0.3) is 5.91 Å². The second-order valence-electron chi connectivity index (χ2n) is 7.25. The predicted molar refractivity (Wildman–Crippen MR) is 150 cm³/mol. The van der Waals surface area contributed by atoms with Crippen molar-refractivity contribution in [2.45, 2.75) is 18.2 Å². The number of carboxylic acids is 1. The number of amides is 2. The zero-order chi connectivity index (χ0) is 28.0. The predicted octanol–water partition coefficient (Wildman–Crippen LogP) is 6.54. The minimum Gasteiger partial charge on any atom is -0.478 e. The van der Waals surface area contributed by atoms with Crippen molar-refractivity contribution in [3.05, 3.63) is 66.6 Å². The Bertz CT molecular complexity index is 1400. The maximum absolute atomic E-state index is 12.8. The lowest BCUT2D eigenvalue weighted by molar-refractivity contribution is -0.142. The third-order valence-corrected chi connectivity index (χ3v) is 8.24. The first-order valence-electron chi connectivity index (χ1n) is 10.5. The van der Waals surface area contributed by atoms with E-state index in [2.05, 4.69) is 15.6 Å². The summed E-state index contributed by atoms with van der Waals surface area (Å²) in [5.41, 5.74) is -0.166. The summed E-state index contributed by atoms with van der Waals surface area (Å²) in [5.74, 6) is -2.96. The van der Waals surface area contributed by atoms with Gasteiger partial charge in [-0.05, 0) is 31.2 Å². The number of halogens is 4. The van der Waals surface area contributed by atoms with E-state index in [1.54, 1.807) is 36.6 Å². The largest absolute Gasteiger partial charge is 0.478 e. The standard InChI is InChI=1S/C23H17Cl4N3O6S2/c1-2-36-14(32)7-11-8-38-23(29-11)30-13(31)9-37-12-5-3-10(4-6-12)28-21(33)15-16(22(34)35)18(25)20(27)19(26)17(15)24/h3-6,8H,2,7,9H2,1H3,(H,28,33)(H,34,35)(H,29,30,31). The number of rotatable bonds is 10. The number of ether oxygens (including phenoxy) is 1. The minimum absolute atomic E-state index is 0.0275. The Morgan fingerprint density at radius 2 is 1.61 bits per heavy atom. The SMILES string of the molecule is CCOC(=O)Cc1csc(NC(=O)CSc2ccc(NC(=O)c3c(Cl)c(Cl)c(Cl)c(Cl)c3C(=O)O)cc2)n1. The third-order valence-electron chi connectivity index (χ3n) is 4.62. The van der Waals surface area contributed by atoms with Crippen LogP contribution >= 0.6 is 69.5 Å². The van der Waals surface area contributed by atoms with Crippen LogP contribution in [0.1, 0.15) is 33.3 Å². The average Bonchev–Trinajstić information content (AvgIpc) is 3.30. The molecule has 0 aliphatic rings. The van der Waals surface area contributed by atoms with Crippen molar-refractivity contribution in [2.75, 3.05) is 23.0 Å². The molecule has 0 radical (unpaired) electrons. The van der Waals surface area contributed by atoms with E-state index in [-0.39, 0.29) is 39.8 Å². The van der Waals surface area contributed by atoms with E-state index in [4.69, 9.17) is 51.1 Å². The molecule has 0 saturated heterocycles. The molecule has 3 N–H and O–H groups in total. The molecule has 9 nitrogen and oxygen atoms in total. The molecule has 3 aromatic rings.